The Bertz CT molecular complexity index is 1510. The van der Waals surface area contributed by atoms with Crippen LogP contribution in [0.25, 0.3) is 5.69 Å². The van der Waals surface area contributed by atoms with E-state index in [1.807, 2.05) is 0 Å². The number of ketones is 1. The SMILES string of the molecule is Cc1ccc(S(=O)(=O)Oc2c(C(=O)c3ccc(-n4cncn4)cc3C(F)(F)F)c(C)nn2C)cc1. The summed E-state index contributed by atoms with van der Waals surface area (Å²) in [5.41, 5.74) is -1.48. The van der Waals surface area contributed by atoms with Crippen molar-refractivity contribution in [3.8, 4) is 11.6 Å². The lowest BCUT2D eigenvalue weighted by atomic mass is 9.97. The van der Waals surface area contributed by atoms with Gasteiger partial charge in [0.25, 0.3) is 0 Å². The fourth-order valence-electron chi connectivity index (χ4n) is 3.43. The maximum absolute atomic E-state index is 13.9. The number of nitrogens with zero attached hydrogens (tertiary/aromatic N) is 5. The second-order valence-corrected chi connectivity index (χ2v) is 9.18. The third-order valence-electron chi connectivity index (χ3n) is 5.13. The number of aryl methyl sites for hydroxylation is 3. The zero-order chi connectivity index (χ0) is 25.5. The Kier molecular flexibility index (Phi) is 5.97. The maximum Gasteiger partial charge on any atom is 0.417 e. The van der Waals surface area contributed by atoms with Gasteiger partial charge in [0.15, 0.2) is 0 Å². The number of hydrogen-bond donors (Lipinski definition) is 0. The molecule has 0 amide bonds. The first-order chi connectivity index (χ1) is 16.4. The van der Waals surface area contributed by atoms with Crippen molar-refractivity contribution in [1.82, 2.24) is 24.5 Å². The summed E-state index contributed by atoms with van der Waals surface area (Å²) in [6, 6.07) is 8.78. The molecule has 0 N–H and O–H groups in total. The van der Waals surface area contributed by atoms with Crippen LogP contribution in [0.4, 0.5) is 13.2 Å². The van der Waals surface area contributed by atoms with Crippen LogP contribution in [0.15, 0.2) is 60.0 Å². The topological polar surface area (TPSA) is 109 Å². The molecule has 4 aromatic rings. The Morgan fingerprint density at radius 3 is 2.34 bits per heavy atom. The summed E-state index contributed by atoms with van der Waals surface area (Å²) in [5.74, 6) is -1.59. The van der Waals surface area contributed by atoms with E-state index in [9.17, 15) is 26.4 Å². The molecule has 0 aliphatic heterocycles. The van der Waals surface area contributed by atoms with Crippen molar-refractivity contribution < 1.29 is 30.6 Å². The van der Waals surface area contributed by atoms with E-state index >= 15 is 0 Å². The van der Waals surface area contributed by atoms with E-state index in [1.165, 1.54) is 38.5 Å². The Labute approximate surface area is 197 Å². The van der Waals surface area contributed by atoms with E-state index in [2.05, 4.69) is 15.2 Å². The van der Waals surface area contributed by atoms with Gasteiger partial charge in [0.2, 0.25) is 11.7 Å². The summed E-state index contributed by atoms with van der Waals surface area (Å²) >= 11 is 0. The highest BCUT2D eigenvalue weighted by Crippen LogP contribution is 2.36. The molecule has 0 atom stereocenters. The van der Waals surface area contributed by atoms with Gasteiger partial charge in [0.1, 0.15) is 23.1 Å². The van der Waals surface area contributed by atoms with Gasteiger partial charge in [0, 0.05) is 12.6 Å². The highest BCUT2D eigenvalue weighted by molar-refractivity contribution is 7.87. The third kappa shape index (κ3) is 4.67. The largest absolute Gasteiger partial charge is 0.417 e. The first kappa shape index (κ1) is 24.1. The van der Waals surface area contributed by atoms with Crippen molar-refractivity contribution in [2.75, 3.05) is 0 Å². The van der Waals surface area contributed by atoms with Gasteiger partial charge >= 0.3 is 16.3 Å². The number of halogens is 3. The standard InChI is InChI=1S/C22H18F3N5O4S/c1-13-4-7-16(8-5-13)35(32,33)34-21-19(14(2)28-29(21)3)20(31)17-9-6-15(30-12-26-11-27-30)10-18(17)22(23,24)25/h4-12H,1-3H3. The van der Waals surface area contributed by atoms with Crippen LogP contribution in [0.1, 0.15) is 32.7 Å². The van der Waals surface area contributed by atoms with Gasteiger partial charge in [0.05, 0.1) is 16.9 Å². The molecular weight excluding hydrogens is 487 g/mol. The van der Waals surface area contributed by atoms with E-state index in [0.29, 0.717) is 0 Å². The van der Waals surface area contributed by atoms with Gasteiger partial charge in [-0.2, -0.15) is 31.8 Å². The molecule has 0 aliphatic carbocycles. The van der Waals surface area contributed by atoms with E-state index < -0.39 is 44.6 Å². The summed E-state index contributed by atoms with van der Waals surface area (Å²) in [5, 5.41) is 7.80. The first-order valence-electron chi connectivity index (χ1n) is 10.0. The molecule has 0 saturated heterocycles. The van der Waals surface area contributed by atoms with Crippen molar-refractivity contribution in [1.29, 1.82) is 0 Å². The minimum absolute atomic E-state index is 0.0000772. The van der Waals surface area contributed by atoms with Crippen LogP contribution in [-0.2, 0) is 23.3 Å². The number of hydrogen-bond acceptors (Lipinski definition) is 7. The molecule has 0 saturated carbocycles. The molecule has 2 aromatic carbocycles. The Hall–Kier alpha value is -4.00. The fraction of sp³-hybridized carbons (Fsp3) is 0.182. The summed E-state index contributed by atoms with van der Waals surface area (Å²) in [6.07, 6.45) is -2.53. The Morgan fingerprint density at radius 2 is 1.74 bits per heavy atom. The van der Waals surface area contributed by atoms with E-state index in [0.717, 1.165) is 33.4 Å². The number of aromatic nitrogens is 5. The average molecular weight is 505 g/mol. The van der Waals surface area contributed by atoms with Gasteiger partial charge in [-0.1, -0.05) is 17.7 Å². The highest BCUT2D eigenvalue weighted by Gasteiger charge is 2.38. The Balaban J connectivity index is 1.80. The lowest BCUT2D eigenvalue weighted by molar-refractivity contribution is -0.137. The quantitative estimate of drug-likeness (QED) is 0.291. The molecule has 182 valence electrons. The lowest BCUT2D eigenvalue weighted by Gasteiger charge is -2.15. The van der Waals surface area contributed by atoms with Crippen molar-refractivity contribution in [2.24, 2.45) is 7.05 Å². The molecule has 0 unspecified atom stereocenters. The van der Waals surface area contributed by atoms with Gasteiger partial charge in [-0.05, 0) is 44.2 Å². The van der Waals surface area contributed by atoms with Crippen LogP contribution in [-0.4, -0.2) is 38.7 Å². The molecule has 0 aliphatic rings. The number of carbonyl (C=O) groups excluding carboxylic acids is 1. The molecule has 4 rings (SSSR count). The Morgan fingerprint density at radius 1 is 1.06 bits per heavy atom. The average Bonchev–Trinajstić information content (AvgIpc) is 3.41. The van der Waals surface area contributed by atoms with E-state index in [4.69, 9.17) is 4.18 Å². The minimum Gasteiger partial charge on any atom is -0.358 e. The first-order valence-corrected chi connectivity index (χ1v) is 11.4. The van der Waals surface area contributed by atoms with Gasteiger partial charge < -0.3 is 4.18 Å². The third-order valence-corrected chi connectivity index (χ3v) is 6.36. The molecule has 2 heterocycles. The normalized spacial score (nSPS) is 12.1. The van der Waals surface area contributed by atoms with Crippen molar-refractivity contribution >= 4 is 15.9 Å². The van der Waals surface area contributed by atoms with Crippen molar-refractivity contribution in [3.63, 3.8) is 0 Å². The number of carbonyl (C=O) groups is 1. The molecule has 9 nitrogen and oxygen atoms in total. The molecule has 2 aromatic heterocycles. The summed E-state index contributed by atoms with van der Waals surface area (Å²) in [6.45, 7) is 3.14. The number of rotatable bonds is 6. The van der Waals surface area contributed by atoms with Gasteiger partial charge in [-0.15, -0.1) is 0 Å². The lowest BCUT2D eigenvalue weighted by Crippen LogP contribution is -2.17. The fourth-order valence-corrected chi connectivity index (χ4v) is 4.40. The zero-order valence-electron chi connectivity index (χ0n) is 18.6. The van der Waals surface area contributed by atoms with Gasteiger partial charge in [-0.3, -0.25) is 4.79 Å². The predicted octanol–water partition coefficient (Wildman–Crippen LogP) is 3.64. The van der Waals surface area contributed by atoms with E-state index in [1.54, 1.807) is 19.1 Å². The maximum atomic E-state index is 13.9. The zero-order valence-corrected chi connectivity index (χ0v) is 19.4. The van der Waals surface area contributed by atoms with Crippen LogP contribution in [0.5, 0.6) is 5.88 Å². The number of benzene rings is 2. The molecule has 0 radical (unpaired) electrons. The minimum atomic E-state index is -4.90. The highest BCUT2D eigenvalue weighted by atomic mass is 32.2. The van der Waals surface area contributed by atoms with Crippen LogP contribution in [0.3, 0.4) is 0 Å². The summed E-state index contributed by atoms with van der Waals surface area (Å²) in [7, 11) is -3.08. The van der Waals surface area contributed by atoms with Crippen molar-refractivity contribution in [3.05, 3.63) is 83.1 Å². The molecule has 13 heteroatoms. The van der Waals surface area contributed by atoms with Crippen LogP contribution >= 0.6 is 0 Å². The number of alkyl halides is 3. The smallest absolute Gasteiger partial charge is 0.358 e. The molecular formula is C22H18F3N5O4S. The monoisotopic (exact) mass is 505 g/mol. The second kappa shape index (κ2) is 8.65. The summed E-state index contributed by atoms with van der Waals surface area (Å²) in [4.78, 5) is 16.9. The second-order valence-electron chi connectivity index (χ2n) is 7.64. The van der Waals surface area contributed by atoms with Gasteiger partial charge in [-0.25, -0.2) is 14.3 Å². The summed E-state index contributed by atoms with van der Waals surface area (Å²) < 4.78 is 74.7. The van der Waals surface area contributed by atoms with Crippen molar-refractivity contribution in [2.45, 2.75) is 24.9 Å². The van der Waals surface area contributed by atoms with Crippen LogP contribution < -0.4 is 4.18 Å². The molecule has 35 heavy (non-hydrogen) atoms. The van der Waals surface area contributed by atoms with E-state index in [-0.39, 0.29) is 16.3 Å². The predicted molar refractivity (Wildman–Crippen MR) is 117 cm³/mol. The molecule has 0 spiro atoms. The van der Waals surface area contributed by atoms with Crippen LogP contribution in [0.2, 0.25) is 0 Å². The molecule has 0 fully saturated rings. The van der Waals surface area contributed by atoms with Crippen LogP contribution in [0, 0.1) is 13.8 Å². The molecule has 0 bridgehead atoms.